The van der Waals surface area contributed by atoms with Crippen LogP contribution in [0.15, 0.2) is 24.3 Å². The fraction of sp³-hybridized carbons (Fsp3) is 0.357. The van der Waals surface area contributed by atoms with Crippen LogP contribution in [0.3, 0.4) is 0 Å². The molecule has 0 aliphatic carbocycles. The third-order valence-corrected chi connectivity index (χ3v) is 3.26. The minimum atomic E-state index is -0.775. The first-order valence-corrected chi connectivity index (χ1v) is 6.33. The van der Waals surface area contributed by atoms with Crippen molar-refractivity contribution in [1.29, 1.82) is 5.26 Å². The Morgan fingerprint density at radius 2 is 2.00 bits per heavy atom. The van der Waals surface area contributed by atoms with Gasteiger partial charge in [0.2, 0.25) is 5.91 Å². The SMILES string of the molecule is N#Cc1ccc(NC(=O)CCN2CC(C(=O)O)C2)cc1. The third kappa shape index (κ3) is 3.56. The van der Waals surface area contributed by atoms with E-state index in [-0.39, 0.29) is 11.8 Å². The topological polar surface area (TPSA) is 93.4 Å². The standard InChI is InChI=1S/C14H15N3O3/c15-7-10-1-3-12(4-2-10)16-13(18)5-6-17-8-11(9-17)14(19)20/h1-4,11H,5-6,8-9H2,(H,16,18)(H,19,20). The van der Waals surface area contributed by atoms with E-state index in [0.717, 1.165) is 0 Å². The van der Waals surface area contributed by atoms with Crippen LogP contribution in [0.25, 0.3) is 0 Å². The number of nitriles is 1. The molecule has 0 atom stereocenters. The number of amides is 1. The lowest BCUT2D eigenvalue weighted by Crippen LogP contribution is -2.50. The summed E-state index contributed by atoms with van der Waals surface area (Å²) in [6.07, 6.45) is 0.326. The van der Waals surface area contributed by atoms with Gasteiger partial charge in [-0.15, -0.1) is 0 Å². The molecule has 1 aromatic rings. The lowest BCUT2D eigenvalue weighted by molar-refractivity contribution is -0.147. The van der Waals surface area contributed by atoms with E-state index in [0.29, 0.717) is 37.3 Å². The highest BCUT2D eigenvalue weighted by Gasteiger charge is 2.32. The van der Waals surface area contributed by atoms with Crippen LogP contribution < -0.4 is 5.32 Å². The summed E-state index contributed by atoms with van der Waals surface area (Å²) in [4.78, 5) is 24.3. The normalized spacial score (nSPS) is 15.2. The highest BCUT2D eigenvalue weighted by atomic mass is 16.4. The summed E-state index contributed by atoms with van der Waals surface area (Å²) in [7, 11) is 0. The molecule has 0 saturated carbocycles. The average Bonchev–Trinajstić information content (AvgIpc) is 2.37. The summed E-state index contributed by atoms with van der Waals surface area (Å²) in [5.41, 5.74) is 1.20. The summed E-state index contributed by atoms with van der Waals surface area (Å²) in [6.45, 7) is 1.59. The van der Waals surface area contributed by atoms with Crippen molar-refractivity contribution in [3.05, 3.63) is 29.8 Å². The highest BCUT2D eigenvalue weighted by molar-refractivity contribution is 5.90. The Hall–Kier alpha value is -2.39. The van der Waals surface area contributed by atoms with E-state index in [4.69, 9.17) is 10.4 Å². The number of benzene rings is 1. The van der Waals surface area contributed by atoms with Crippen LogP contribution in [0.4, 0.5) is 5.69 Å². The van der Waals surface area contributed by atoms with Crippen molar-refractivity contribution in [3.8, 4) is 6.07 Å². The van der Waals surface area contributed by atoms with Crippen molar-refractivity contribution < 1.29 is 14.7 Å². The molecule has 2 N–H and O–H groups in total. The molecule has 6 nitrogen and oxygen atoms in total. The zero-order valence-electron chi connectivity index (χ0n) is 10.9. The van der Waals surface area contributed by atoms with Crippen molar-refractivity contribution >= 4 is 17.6 Å². The van der Waals surface area contributed by atoms with Gasteiger partial charge in [0, 0.05) is 31.7 Å². The quantitative estimate of drug-likeness (QED) is 0.831. The summed E-state index contributed by atoms with van der Waals surface area (Å²) < 4.78 is 0. The Morgan fingerprint density at radius 3 is 2.55 bits per heavy atom. The molecule has 1 fully saturated rings. The molecule has 0 aromatic heterocycles. The van der Waals surface area contributed by atoms with E-state index in [9.17, 15) is 9.59 Å². The molecular weight excluding hydrogens is 258 g/mol. The summed E-state index contributed by atoms with van der Waals surface area (Å²) >= 11 is 0. The number of nitrogens with zero attached hydrogens (tertiary/aromatic N) is 2. The Labute approximate surface area is 116 Å². The molecule has 2 rings (SSSR count). The highest BCUT2D eigenvalue weighted by Crippen LogP contribution is 2.16. The summed E-state index contributed by atoms with van der Waals surface area (Å²) in [5, 5.41) is 20.1. The lowest BCUT2D eigenvalue weighted by atomic mass is 10.0. The molecule has 0 unspecified atom stereocenters. The molecule has 1 aromatic carbocycles. The van der Waals surface area contributed by atoms with Gasteiger partial charge in [-0.05, 0) is 24.3 Å². The number of carboxylic acids is 1. The van der Waals surface area contributed by atoms with Crippen molar-refractivity contribution in [3.63, 3.8) is 0 Å². The molecule has 104 valence electrons. The maximum absolute atomic E-state index is 11.7. The molecular formula is C14H15N3O3. The maximum Gasteiger partial charge on any atom is 0.309 e. The molecule has 1 amide bonds. The van der Waals surface area contributed by atoms with Gasteiger partial charge in [0.1, 0.15) is 0 Å². The number of likely N-dealkylation sites (tertiary alicyclic amines) is 1. The number of carbonyl (C=O) groups excluding carboxylic acids is 1. The molecule has 1 aliphatic heterocycles. The smallest absolute Gasteiger partial charge is 0.309 e. The van der Waals surface area contributed by atoms with Crippen molar-refractivity contribution in [1.82, 2.24) is 4.90 Å². The fourth-order valence-corrected chi connectivity index (χ4v) is 2.02. The first-order valence-electron chi connectivity index (χ1n) is 6.33. The second-order valence-electron chi connectivity index (χ2n) is 4.78. The molecule has 1 aliphatic rings. The summed E-state index contributed by atoms with van der Waals surface area (Å²) in [6, 6.07) is 8.65. The average molecular weight is 273 g/mol. The Kier molecular flexibility index (Phi) is 4.33. The van der Waals surface area contributed by atoms with Gasteiger partial charge in [0.25, 0.3) is 0 Å². The lowest BCUT2D eigenvalue weighted by Gasteiger charge is -2.36. The van der Waals surface area contributed by atoms with Crippen LogP contribution in [0.1, 0.15) is 12.0 Å². The number of carbonyl (C=O) groups is 2. The monoisotopic (exact) mass is 273 g/mol. The molecule has 1 saturated heterocycles. The second-order valence-corrected chi connectivity index (χ2v) is 4.78. The third-order valence-electron chi connectivity index (χ3n) is 3.26. The van der Waals surface area contributed by atoms with Gasteiger partial charge in [-0.25, -0.2) is 0 Å². The van der Waals surface area contributed by atoms with Gasteiger partial charge in [-0.2, -0.15) is 5.26 Å². The van der Waals surface area contributed by atoms with E-state index in [1.807, 2.05) is 11.0 Å². The van der Waals surface area contributed by atoms with Crippen LogP contribution >= 0.6 is 0 Å². The van der Waals surface area contributed by atoms with E-state index in [1.54, 1.807) is 24.3 Å². The van der Waals surface area contributed by atoms with Gasteiger partial charge in [0.05, 0.1) is 17.6 Å². The van der Waals surface area contributed by atoms with Crippen molar-refractivity contribution in [2.24, 2.45) is 5.92 Å². The van der Waals surface area contributed by atoms with Crippen LogP contribution in [0, 0.1) is 17.2 Å². The fourth-order valence-electron chi connectivity index (χ4n) is 2.02. The number of nitrogens with one attached hydrogen (secondary N) is 1. The molecule has 6 heteroatoms. The minimum Gasteiger partial charge on any atom is -0.481 e. The van der Waals surface area contributed by atoms with Crippen molar-refractivity contribution in [2.75, 3.05) is 25.0 Å². The van der Waals surface area contributed by atoms with Crippen LogP contribution in [-0.2, 0) is 9.59 Å². The zero-order chi connectivity index (χ0) is 14.5. The van der Waals surface area contributed by atoms with E-state index < -0.39 is 5.97 Å². The van der Waals surface area contributed by atoms with E-state index in [2.05, 4.69) is 5.32 Å². The van der Waals surface area contributed by atoms with Crippen molar-refractivity contribution in [2.45, 2.75) is 6.42 Å². The molecule has 20 heavy (non-hydrogen) atoms. The number of carboxylic acid groups (broad SMARTS) is 1. The number of hydrogen-bond acceptors (Lipinski definition) is 4. The Balaban J connectivity index is 1.71. The molecule has 0 radical (unpaired) electrons. The van der Waals surface area contributed by atoms with Gasteiger partial charge in [-0.1, -0.05) is 0 Å². The number of anilines is 1. The van der Waals surface area contributed by atoms with E-state index >= 15 is 0 Å². The minimum absolute atomic E-state index is 0.117. The predicted octanol–water partition coefficient (Wildman–Crippen LogP) is 0.903. The van der Waals surface area contributed by atoms with Gasteiger partial charge in [0.15, 0.2) is 0 Å². The predicted molar refractivity (Wildman–Crippen MR) is 72.0 cm³/mol. The summed E-state index contributed by atoms with van der Waals surface area (Å²) in [5.74, 6) is -1.19. The first kappa shape index (κ1) is 14.0. The maximum atomic E-state index is 11.7. The Bertz CT molecular complexity index is 542. The number of rotatable bonds is 5. The van der Waals surface area contributed by atoms with Crippen LogP contribution in [-0.4, -0.2) is 41.5 Å². The van der Waals surface area contributed by atoms with Gasteiger partial charge in [-0.3, -0.25) is 9.59 Å². The molecule has 0 spiro atoms. The van der Waals surface area contributed by atoms with E-state index in [1.165, 1.54) is 0 Å². The molecule has 1 heterocycles. The number of aliphatic carboxylic acids is 1. The first-order chi connectivity index (χ1) is 9.58. The second kappa shape index (κ2) is 6.17. The zero-order valence-corrected chi connectivity index (χ0v) is 10.9. The van der Waals surface area contributed by atoms with Crippen LogP contribution in [0.2, 0.25) is 0 Å². The van der Waals surface area contributed by atoms with Gasteiger partial charge >= 0.3 is 5.97 Å². The largest absolute Gasteiger partial charge is 0.481 e. The Morgan fingerprint density at radius 1 is 1.35 bits per heavy atom. The number of hydrogen-bond donors (Lipinski definition) is 2. The molecule has 0 bridgehead atoms. The van der Waals surface area contributed by atoms with Crippen LogP contribution in [0.5, 0.6) is 0 Å². The van der Waals surface area contributed by atoms with Gasteiger partial charge < -0.3 is 15.3 Å².